The molecular weight excluding hydrogens is 371 g/mol. The zero-order valence-electron chi connectivity index (χ0n) is 13.0. The molecule has 0 amide bonds. The Morgan fingerprint density at radius 1 is 0.880 bits per heavy atom. The Kier molecular flexibility index (Phi) is 3.49. The molecule has 2 aromatic carbocycles. The van der Waals surface area contributed by atoms with Gasteiger partial charge >= 0.3 is 0 Å². The van der Waals surface area contributed by atoms with E-state index in [0.29, 0.717) is 10.0 Å². The maximum absolute atomic E-state index is 6.11. The van der Waals surface area contributed by atoms with Gasteiger partial charge in [0.15, 0.2) is 0 Å². The van der Waals surface area contributed by atoms with Crippen molar-refractivity contribution in [2.45, 2.75) is 6.42 Å². The molecule has 1 aliphatic carbocycles. The molecule has 5 rings (SSSR count). The van der Waals surface area contributed by atoms with E-state index in [0.717, 1.165) is 34.5 Å². The zero-order chi connectivity index (χ0) is 17.0. The van der Waals surface area contributed by atoms with Gasteiger partial charge in [0.2, 0.25) is 0 Å². The Bertz CT molecular complexity index is 1070. The van der Waals surface area contributed by atoms with Gasteiger partial charge < -0.3 is 0 Å². The molecule has 2 aromatic heterocycles. The lowest BCUT2D eigenvalue weighted by Gasteiger charge is -2.06. The summed E-state index contributed by atoms with van der Waals surface area (Å²) in [6, 6.07) is 16.1. The van der Waals surface area contributed by atoms with Crippen LogP contribution in [0.3, 0.4) is 0 Å². The van der Waals surface area contributed by atoms with E-state index in [9.17, 15) is 0 Å². The minimum absolute atomic E-state index is 0.642. The molecule has 0 aliphatic heterocycles. The number of nitrogens with zero attached hydrogens (tertiary/aromatic N) is 1. The van der Waals surface area contributed by atoms with E-state index in [4.69, 9.17) is 23.2 Å². The van der Waals surface area contributed by atoms with Crippen LogP contribution in [0.25, 0.3) is 33.6 Å². The van der Waals surface area contributed by atoms with E-state index in [2.05, 4.69) is 45.9 Å². The molecule has 2 nitrogen and oxygen atoms in total. The number of nitrogens with one attached hydrogen (secondary N) is 1. The highest BCUT2D eigenvalue weighted by molar-refractivity contribution is 7.10. The molecular formula is C20H12Cl2N2S. The molecule has 0 spiro atoms. The van der Waals surface area contributed by atoms with Crippen LogP contribution in [0.5, 0.6) is 0 Å². The van der Waals surface area contributed by atoms with Gasteiger partial charge in [-0.05, 0) is 40.8 Å². The smallest absolute Gasteiger partial charge is 0.0962 e. The van der Waals surface area contributed by atoms with Gasteiger partial charge in [0.25, 0.3) is 0 Å². The fraction of sp³-hybridized carbons (Fsp3) is 0.0500. The lowest BCUT2D eigenvalue weighted by molar-refractivity contribution is 1.10. The van der Waals surface area contributed by atoms with Gasteiger partial charge in [0.05, 0.1) is 11.4 Å². The summed E-state index contributed by atoms with van der Waals surface area (Å²) in [6.07, 6.45) is 0.958. The zero-order valence-corrected chi connectivity index (χ0v) is 15.3. The molecule has 0 atom stereocenters. The van der Waals surface area contributed by atoms with Crippen molar-refractivity contribution < 1.29 is 0 Å². The SMILES string of the molecule is Clc1cc(Cl)cc(-c2ccc(-c3n[nH]c4c3Cc3sccc3-4)cc2)c1. The molecule has 0 saturated heterocycles. The summed E-state index contributed by atoms with van der Waals surface area (Å²) >= 11 is 14.0. The standard InChI is InChI=1S/C20H12Cl2N2S/c21-14-7-13(8-15(22)9-14)11-1-3-12(4-2-11)19-17-10-18-16(5-6-25-18)20(17)24-23-19/h1-9H,10H2,(H,23,24). The van der Waals surface area contributed by atoms with Crippen molar-refractivity contribution in [3.63, 3.8) is 0 Å². The van der Waals surface area contributed by atoms with Crippen LogP contribution in [0.15, 0.2) is 53.9 Å². The first kappa shape index (κ1) is 15.2. The Labute approximate surface area is 159 Å². The molecule has 4 aromatic rings. The second kappa shape index (κ2) is 5.73. The third-order valence-electron chi connectivity index (χ3n) is 4.57. The Morgan fingerprint density at radius 3 is 2.36 bits per heavy atom. The number of hydrogen-bond acceptors (Lipinski definition) is 2. The molecule has 2 heterocycles. The first-order valence-corrected chi connectivity index (χ1v) is 9.53. The van der Waals surface area contributed by atoms with E-state index in [1.807, 2.05) is 12.1 Å². The van der Waals surface area contributed by atoms with Crippen molar-refractivity contribution in [3.8, 4) is 33.6 Å². The predicted octanol–water partition coefficient (Wildman–Crippen LogP) is 6.68. The van der Waals surface area contributed by atoms with Gasteiger partial charge in [-0.3, -0.25) is 5.10 Å². The minimum Gasteiger partial charge on any atom is -0.277 e. The normalized spacial score (nSPS) is 12.2. The first-order chi connectivity index (χ1) is 12.2. The maximum Gasteiger partial charge on any atom is 0.0962 e. The van der Waals surface area contributed by atoms with Crippen LogP contribution in [0, 0.1) is 0 Å². The maximum atomic E-state index is 6.11. The molecule has 5 heteroatoms. The summed E-state index contributed by atoms with van der Waals surface area (Å²) in [6.45, 7) is 0. The van der Waals surface area contributed by atoms with E-state index >= 15 is 0 Å². The van der Waals surface area contributed by atoms with Crippen LogP contribution in [0.1, 0.15) is 10.4 Å². The summed E-state index contributed by atoms with van der Waals surface area (Å²) in [5, 5.41) is 11.2. The average Bonchev–Trinajstić information content (AvgIpc) is 3.26. The third-order valence-corrected chi connectivity index (χ3v) is 5.93. The monoisotopic (exact) mass is 382 g/mol. The van der Waals surface area contributed by atoms with Crippen LogP contribution >= 0.6 is 34.5 Å². The number of benzene rings is 2. The number of fused-ring (bicyclic) bond motifs is 3. The quantitative estimate of drug-likeness (QED) is 0.362. The summed E-state index contributed by atoms with van der Waals surface area (Å²) in [5.74, 6) is 0. The summed E-state index contributed by atoms with van der Waals surface area (Å²) in [7, 11) is 0. The highest BCUT2D eigenvalue weighted by Crippen LogP contribution is 2.42. The number of aromatic nitrogens is 2. The molecule has 1 aliphatic rings. The second-order valence-corrected chi connectivity index (χ2v) is 7.97. The number of halogens is 2. The Balaban J connectivity index is 1.52. The average molecular weight is 383 g/mol. The minimum atomic E-state index is 0.642. The fourth-order valence-electron chi connectivity index (χ4n) is 3.40. The summed E-state index contributed by atoms with van der Waals surface area (Å²) in [5.41, 5.74) is 8.00. The van der Waals surface area contributed by atoms with Crippen LogP contribution in [0.4, 0.5) is 0 Å². The molecule has 1 N–H and O–H groups in total. The Hall–Kier alpha value is -2.07. The van der Waals surface area contributed by atoms with Crippen molar-refractivity contribution in [3.05, 3.63) is 74.4 Å². The lowest BCUT2D eigenvalue weighted by atomic mass is 10.0. The molecule has 0 radical (unpaired) electrons. The van der Waals surface area contributed by atoms with E-state index in [1.165, 1.54) is 16.0 Å². The third kappa shape index (κ3) is 2.51. The predicted molar refractivity (Wildman–Crippen MR) is 106 cm³/mol. The number of hydrogen-bond donors (Lipinski definition) is 1. The van der Waals surface area contributed by atoms with Crippen molar-refractivity contribution in [1.82, 2.24) is 10.2 Å². The lowest BCUT2D eigenvalue weighted by Crippen LogP contribution is -1.86. The van der Waals surface area contributed by atoms with Crippen molar-refractivity contribution in [1.29, 1.82) is 0 Å². The van der Waals surface area contributed by atoms with Gasteiger partial charge in [-0.15, -0.1) is 11.3 Å². The van der Waals surface area contributed by atoms with Gasteiger partial charge in [0.1, 0.15) is 0 Å². The topological polar surface area (TPSA) is 28.7 Å². The van der Waals surface area contributed by atoms with Crippen LogP contribution in [0.2, 0.25) is 10.0 Å². The second-order valence-electron chi connectivity index (χ2n) is 6.10. The van der Waals surface area contributed by atoms with Crippen molar-refractivity contribution in [2.75, 3.05) is 0 Å². The van der Waals surface area contributed by atoms with Gasteiger partial charge in [-0.2, -0.15) is 5.10 Å². The highest BCUT2D eigenvalue weighted by atomic mass is 35.5. The number of aromatic amines is 1. The van der Waals surface area contributed by atoms with E-state index in [-0.39, 0.29) is 0 Å². The number of rotatable bonds is 2. The van der Waals surface area contributed by atoms with Gasteiger partial charge in [0, 0.05) is 38.0 Å². The van der Waals surface area contributed by atoms with Gasteiger partial charge in [-0.25, -0.2) is 0 Å². The van der Waals surface area contributed by atoms with Gasteiger partial charge in [-0.1, -0.05) is 47.5 Å². The summed E-state index contributed by atoms with van der Waals surface area (Å²) in [4.78, 5) is 1.41. The van der Waals surface area contributed by atoms with Crippen molar-refractivity contribution >= 4 is 34.5 Å². The van der Waals surface area contributed by atoms with E-state index in [1.54, 1.807) is 17.4 Å². The van der Waals surface area contributed by atoms with Crippen molar-refractivity contribution in [2.24, 2.45) is 0 Å². The van der Waals surface area contributed by atoms with Crippen LogP contribution in [-0.2, 0) is 6.42 Å². The molecule has 0 fully saturated rings. The molecule has 25 heavy (non-hydrogen) atoms. The van der Waals surface area contributed by atoms with E-state index < -0.39 is 0 Å². The molecule has 0 saturated carbocycles. The molecule has 122 valence electrons. The molecule has 0 unspecified atom stereocenters. The Morgan fingerprint density at radius 2 is 1.60 bits per heavy atom. The van der Waals surface area contributed by atoms with Crippen LogP contribution < -0.4 is 0 Å². The fourth-order valence-corrected chi connectivity index (χ4v) is 4.82. The highest BCUT2D eigenvalue weighted by Gasteiger charge is 2.25. The number of H-pyrrole nitrogens is 1. The largest absolute Gasteiger partial charge is 0.277 e. The molecule has 0 bridgehead atoms. The number of thiophene rings is 1. The van der Waals surface area contributed by atoms with Crippen LogP contribution in [-0.4, -0.2) is 10.2 Å². The first-order valence-electron chi connectivity index (χ1n) is 7.90. The summed E-state index contributed by atoms with van der Waals surface area (Å²) < 4.78 is 0.